The molecule has 0 saturated heterocycles. The second-order valence-corrected chi connectivity index (χ2v) is 10.4. The molecule has 0 radical (unpaired) electrons. The second-order valence-electron chi connectivity index (χ2n) is 10.4. The number of rotatable bonds is 4. The number of hydrogen-bond acceptors (Lipinski definition) is 6. The maximum absolute atomic E-state index is 12.1. The Morgan fingerprint density at radius 3 is 1.12 bits per heavy atom. The molecular formula is C27H36O6. The lowest BCUT2D eigenvalue weighted by Gasteiger charge is -2.20. The zero-order valence-corrected chi connectivity index (χ0v) is 21.5. The maximum atomic E-state index is 12.1. The number of benzene rings is 2. The van der Waals surface area contributed by atoms with Gasteiger partial charge in [0, 0.05) is 0 Å². The van der Waals surface area contributed by atoms with Gasteiger partial charge in [-0.2, -0.15) is 0 Å². The normalized spacial score (nSPS) is 11.7. The molecule has 0 aliphatic carbocycles. The second kappa shape index (κ2) is 9.86. The first-order valence-corrected chi connectivity index (χ1v) is 11.1. The van der Waals surface area contributed by atoms with E-state index in [-0.39, 0.29) is 0 Å². The molecule has 2 aromatic carbocycles. The molecule has 0 bridgehead atoms. The fourth-order valence-corrected chi connectivity index (χ4v) is 3.55. The maximum Gasteiger partial charge on any atom is 0.514 e. The van der Waals surface area contributed by atoms with Gasteiger partial charge < -0.3 is 18.9 Å². The minimum absolute atomic E-state index is 0.515. The monoisotopic (exact) mass is 456 g/mol. The Balaban J connectivity index is 2.19. The summed E-state index contributed by atoms with van der Waals surface area (Å²) in [7, 11) is 0. The molecule has 0 amide bonds. The van der Waals surface area contributed by atoms with E-state index in [1.807, 2.05) is 52.0 Å². The standard InChI is InChI=1S/C27H36O6/c1-16-11-20(12-17(2)22(16)30-24(28)32-26(5,6)7)15-21-13-18(3)23(19(4)14-21)31-25(29)33-27(8,9)10/h11-14H,15H2,1-10H3. The zero-order valence-electron chi connectivity index (χ0n) is 21.5. The largest absolute Gasteiger partial charge is 0.514 e. The number of ether oxygens (including phenoxy) is 4. The molecule has 0 unspecified atom stereocenters. The van der Waals surface area contributed by atoms with Crippen LogP contribution in [0.4, 0.5) is 9.59 Å². The van der Waals surface area contributed by atoms with Crippen molar-refractivity contribution in [2.45, 2.75) is 86.9 Å². The summed E-state index contributed by atoms with van der Waals surface area (Å²) in [5, 5.41) is 0. The highest BCUT2D eigenvalue weighted by atomic mass is 16.7. The summed E-state index contributed by atoms with van der Waals surface area (Å²) in [5.41, 5.74) is 4.36. The van der Waals surface area contributed by atoms with Gasteiger partial charge in [-0.15, -0.1) is 0 Å². The third-order valence-electron chi connectivity index (χ3n) is 4.60. The summed E-state index contributed by atoms with van der Waals surface area (Å²) in [6.45, 7) is 18.4. The molecule has 33 heavy (non-hydrogen) atoms. The zero-order chi connectivity index (χ0) is 25.1. The van der Waals surface area contributed by atoms with Crippen molar-refractivity contribution < 1.29 is 28.5 Å². The van der Waals surface area contributed by atoms with Crippen LogP contribution in [0.2, 0.25) is 0 Å². The highest BCUT2D eigenvalue weighted by Crippen LogP contribution is 2.30. The van der Waals surface area contributed by atoms with Crippen LogP contribution in [0.15, 0.2) is 24.3 Å². The number of carbonyl (C=O) groups is 2. The molecule has 2 rings (SSSR count). The predicted octanol–water partition coefficient (Wildman–Crippen LogP) is 7.14. The molecule has 2 aromatic rings. The summed E-state index contributed by atoms with van der Waals surface area (Å²) in [4.78, 5) is 24.2. The Kier molecular flexibility index (Phi) is 7.83. The minimum Gasteiger partial charge on any atom is -0.428 e. The quantitative estimate of drug-likeness (QED) is 0.360. The summed E-state index contributed by atoms with van der Waals surface area (Å²) >= 11 is 0. The molecule has 0 saturated carbocycles. The average molecular weight is 457 g/mol. The Bertz CT molecular complexity index is 908. The van der Waals surface area contributed by atoms with E-state index in [4.69, 9.17) is 18.9 Å². The molecule has 0 N–H and O–H groups in total. The fraction of sp³-hybridized carbons (Fsp3) is 0.481. The van der Waals surface area contributed by atoms with Crippen molar-refractivity contribution in [2.75, 3.05) is 0 Å². The van der Waals surface area contributed by atoms with Gasteiger partial charge in [0.15, 0.2) is 0 Å². The summed E-state index contributed by atoms with van der Waals surface area (Å²) in [5.74, 6) is 1.03. The molecule has 180 valence electrons. The van der Waals surface area contributed by atoms with E-state index in [0.29, 0.717) is 17.9 Å². The van der Waals surface area contributed by atoms with E-state index in [2.05, 4.69) is 0 Å². The van der Waals surface area contributed by atoms with Gasteiger partial charge >= 0.3 is 12.3 Å². The lowest BCUT2D eigenvalue weighted by atomic mass is 9.97. The van der Waals surface area contributed by atoms with E-state index in [0.717, 1.165) is 33.4 Å². The van der Waals surface area contributed by atoms with Crippen LogP contribution in [0, 0.1) is 27.7 Å². The van der Waals surface area contributed by atoms with E-state index in [1.165, 1.54) is 0 Å². The van der Waals surface area contributed by atoms with Crippen molar-refractivity contribution in [3.63, 3.8) is 0 Å². The van der Waals surface area contributed by atoms with Crippen LogP contribution in [-0.4, -0.2) is 23.5 Å². The molecule has 0 aliphatic heterocycles. The molecule has 0 atom stereocenters. The molecule has 6 heteroatoms. The van der Waals surface area contributed by atoms with Crippen LogP contribution in [-0.2, 0) is 15.9 Å². The van der Waals surface area contributed by atoms with E-state index in [1.54, 1.807) is 41.5 Å². The summed E-state index contributed by atoms with van der Waals surface area (Å²) in [6, 6.07) is 8.01. The van der Waals surface area contributed by atoms with Gasteiger partial charge in [-0.25, -0.2) is 9.59 Å². The minimum atomic E-state index is -0.715. The first kappa shape index (κ1) is 26.2. The number of carbonyl (C=O) groups excluding carboxylic acids is 2. The van der Waals surface area contributed by atoms with Gasteiger partial charge in [0.25, 0.3) is 0 Å². The molecule has 6 nitrogen and oxygen atoms in total. The Morgan fingerprint density at radius 2 is 0.879 bits per heavy atom. The molecule has 0 fully saturated rings. The SMILES string of the molecule is Cc1cc(Cc2cc(C)c(OC(=O)OC(C)(C)C)c(C)c2)cc(C)c1OC(=O)OC(C)(C)C. The van der Waals surface area contributed by atoms with E-state index < -0.39 is 23.5 Å². The number of aryl methyl sites for hydroxylation is 4. The van der Waals surface area contributed by atoms with Gasteiger partial charge in [0.1, 0.15) is 22.7 Å². The lowest BCUT2D eigenvalue weighted by Crippen LogP contribution is -2.26. The van der Waals surface area contributed by atoms with Gasteiger partial charge in [0.05, 0.1) is 0 Å². The fourth-order valence-electron chi connectivity index (χ4n) is 3.55. The highest BCUT2D eigenvalue weighted by Gasteiger charge is 2.21. The molecule has 0 aromatic heterocycles. The summed E-state index contributed by atoms with van der Waals surface area (Å²) in [6.07, 6.45) is -0.746. The Hall–Kier alpha value is -3.02. The average Bonchev–Trinajstić information content (AvgIpc) is 2.58. The van der Waals surface area contributed by atoms with E-state index in [9.17, 15) is 9.59 Å². The molecular weight excluding hydrogens is 420 g/mol. The first-order valence-electron chi connectivity index (χ1n) is 11.1. The van der Waals surface area contributed by atoms with Crippen LogP contribution < -0.4 is 9.47 Å². The van der Waals surface area contributed by atoms with Crippen molar-refractivity contribution in [3.8, 4) is 11.5 Å². The third kappa shape index (κ3) is 8.12. The van der Waals surface area contributed by atoms with Gasteiger partial charge in [0.2, 0.25) is 0 Å². The topological polar surface area (TPSA) is 71.1 Å². The van der Waals surface area contributed by atoms with Crippen LogP contribution >= 0.6 is 0 Å². The first-order chi connectivity index (χ1) is 15.0. The highest BCUT2D eigenvalue weighted by molar-refractivity contribution is 5.67. The molecule has 0 heterocycles. The smallest absolute Gasteiger partial charge is 0.428 e. The van der Waals surface area contributed by atoms with Crippen molar-refractivity contribution in [2.24, 2.45) is 0 Å². The van der Waals surface area contributed by atoms with Gasteiger partial charge in [-0.05, 0) is 109 Å². The third-order valence-corrected chi connectivity index (χ3v) is 4.60. The van der Waals surface area contributed by atoms with E-state index >= 15 is 0 Å². The van der Waals surface area contributed by atoms with Crippen LogP contribution in [0.25, 0.3) is 0 Å². The van der Waals surface area contributed by atoms with Crippen molar-refractivity contribution >= 4 is 12.3 Å². The Labute approximate surface area is 197 Å². The Morgan fingerprint density at radius 1 is 0.606 bits per heavy atom. The van der Waals surface area contributed by atoms with Crippen molar-refractivity contribution in [1.29, 1.82) is 0 Å². The summed E-state index contributed by atoms with van der Waals surface area (Å²) < 4.78 is 21.4. The van der Waals surface area contributed by atoms with Gasteiger partial charge in [-0.1, -0.05) is 24.3 Å². The van der Waals surface area contributed by atoms with Crippen LogP contribution in [0.3, 0.4) is 0 Å². The van der Waals surface area contributed by atoms with Crippen LogP contribution in [0.5, 0.6) is 11.5 Å². The lowest BCUT2D eigenvalue weighted by molar-refractivity contribution is 0.0190. The molecule has 0 spiro atoms. The molecule has 0 aliphatic rings. The number of hydrogen-bond donors (Lipinski definition) is 0. The van der Waals surface area contributed by atoms with Crippen LogP contribution in [0.1, 0.15) is 74.9 Å². The van der Waals surface area contributed by atoms with Crippen molar-refractivity contribution in [3.05, 3.63) is 57.6 Å². The van der Waals surface area contributed by atoms with Gasteiger partial charge in [-0.3, -0.25) is 0 Å². The predicted molar refractivity (Wildman–Crippen MR) is 128 cm³/mol. The van der Waals surface area contributed by atoms with Crippen molar-refractivity contribution in [1.82, 2.24) is 0 Å².